The second-order valence-corrected chi connectivity index (χ2v) is 4.73. The number of aryl methyl sites for hydroxylation is 1. The highest BCUT2D eigenvalue weighted by atomic mass is 32.2. The van der Waals surface area contributed by atoms with E-state index in [1.54, 1.807) is 16.9 Å². The quantitative estimate of drug-likeness (QED) is 0.800. The molecule has 7 nitrogen and oxygen atoms in total. The molecule has 0 bridgehead atoms. The van der Waals surface area contributed by atoms with Crippen molar-refractivity contribution >= 4 is 17.7 Å². The first-order valence-corrected chi connectivity index (χ1v) is 6.77. The van der Waals surface area contributed by atoms with Gasteiger partial charge in [-0.2, -0.15) is 0 Å². The summed E-state index contributed by atoms with van der Waals surface area (Å²) >= 11 is 1.32. The molecule has 8 heteroatoms. The Kier molecular flexibility index (Phi) is 4.45. The lowest BCUT2D eigenvalue weighted by Crippen LogP contribution is -2.05. The number of pyridine rings is 1. The van der Waals surface area contributed by atoms with E-state index in [0.717, 1.165) is 13.0 Å². The van der Waals surface area contributed by atoms with Gasteiger partial charge in [-0.15, -0.1) is 5.10 Å². The van der Waals surface area contributed by atoms with E-state index in [9.17, 15) is 4.79 Å². The summed E-state index contributed by atoms with van der Waals surface area (Å²) in [5, 5.41) is 21.0. The molecular formula is C11H13N5O2S. The molecule has 0 unspecified atom stereocenters. The van der Waals surface area contributed by atoms with Crippen LogP contribution in [0.25, 0.3) is 0 Å². The summed E-state index contributed by atoms with van der Waals surface area (Å²) < 4.78 is 1.72. The maximum atomic E-state index is 11.1. The Morgan fingerprint density at radius 2 is 2.37 bits per heavy atom. The minimum absolute atomic E-state index is 0.196. The number of rotatable bonds is 6. The monoisotopic (exact) mass is 279 g/mol. The van der Waals surface area contributed by atoms with Crippen molar-refractivity contribution in [1.82, 2.24) is 25.2 Å². The van der Waals surface area contributed by atoms with Gasteiger partial charge in [0, 0.05) is 12.7 Å². The minimum Gasteiger partial charge on any atom is -0.478 e. The maximum Gasteiger partial charge on any atom is 0.338 e. The van der Waals surface area contributed by atoms with E-state index in [1.165, 1.54) is 17.8 Å². The highest BCUT2D eigenvalue weighted by molar-refractivity contribution is 7.98. The van der Waals surface area contributed by atoms with Gasteiger partial charge in [0.2, 0.25) is 0 Å². The molecule has 0 saturated carbocycles. The standard InChI is InChI=1S/C11H13N5O2S/c1-2-6-16-9(13-14-15-16)7-19-10-8(11(17)18)4-3-5-12-10/h3-5H,2,6-7H2,1H3,(H,17,18). The van der Waals surface area contributed by atoms with Crippen molar-refractivity contribution in [2.45, 2.75) is 30.7 Å². The van der Waals surface area contributed by atoms with E-state index in [4.69, 9.17) is 5.11 Å². The maximum absolute atomic E-state index is 11.1. The van der Waals surface area contributed by atoms with Gasteiger partial charge >= 0.3 is 5.97 Å². The fourth-order valence-electron chi connectivity index (χ4n) is 1.51. The molecule has 2 aromatic heterocycles. The zero-order valence-electron chi connectivity index (χ0n) is 10.4. The first kappa shape index (κ1) is 13.5. The zero-order chi connectivity index (χ0) is 13.7. The van der Waals surface area contributed by atoms with Crippen LogP contribution in [0.1, 0.15) is 29.5 Å². The Labute approximate surface area is 114 Å². The number of hydrogen-bond donors (Lipinski definition) is 1. The molecule has 2 aromatic rings. The van der Waals surface area contributed by atoms with Crippen LogP contribution in [0.5, 0.6) is 0 Å². The van der Waals surface area contributed by atoms with Crippen molar-refractivity contribution in [3.8, 4) is 0 Å². The predicted octanol–water partition coefficient (Wildman–Crippen LogP) is 1.47. The van der Waals surface area contributed by atoms with Crippen LogP contribution in [0, 0.1) is 0 Å². The number of tetrazole rings is 1. The van der Waals surface area contributed by atoms with Gasteiger partial charge in [-0.3, -0.25) is 0 Å². The molecule has 0 aliphatic rings. The third-order valence-electron chi connectivity index (χ3n) is 2.38. The van der Waals surface area contributed by atoms with E-state index in [-0.39, 0.29) is 5.56 Å². The Hall–Kier alpha value is -1.96. The molecule has 0 aromatic carbocycles. The predicted molar refractivity (Wildman–Crippen MR) is 68.9 cm³/mol. The van der Waals surface area contributed by atoms with E-state index in [0.29, 0.717) is 16.6 Å². The van der Waals surface area contributed by atoms with Crippen molar-refractivity contribution in [3.63, 3.8) is 0 Å². The molecule has 0 saturated heterocycles. The molecule has 1 N–H and O–H groups in total. The number of carbonyl (C=O) groups is 1. The Morgan fingerprint density at radius 3 is 3.11 bits per heavy atom. The Balaban J connectivity index is 2.10. The highest BCUT2D eigenvalue weighted by Crippen LogP contribution is 2.23. The Morgan fingerprint density at radius 1 is 1.53 bits per heavy atom. The lowest BCUT2D eigenvalue weighted by molar-refractivity contribution is 0.0692. The van der Waals surface area contributed by atoms with Crippen molar-refractivity contribution in [3.05, 3.63) is 29.7 Å². The molecule has 0 amide bonds. The average Bonchev–Trinajstić information content (AvgIpc) is 2.84. The van der Waals surface area contributed by atoms with E-state index in [1.807, 2.05) is 6.92 Å². The summed E-state index contributed by atoms with van der Waals surface area (Å²) in [5.41, 5.74) is 0.196. The minimum atomic E-state index is -0.983. The third kappa shape index (κ3) is 3.28. The molecule has 0 atom stereocenters. The van der Waals surface area contributed by atoms with Gasteiger partial charge in [-0.25, -0.2) is 14.5 Å². The third-order valence-corrected chi connectivity index (χ3v) is 3.38. The van der Waals surface area contributed by atoms with Crippen LogP contribution >= 0.6 is 11.8 Å². The number of aromatic nitrogens is 5. The van der Waals surface area contributed by atoms with Gasteiger partial charge in [0.25, 0.3) is 0 Å². The summed E-state index contributed by atoms with van der Waals surface area (Å²) in [4.78, 5) is 15.1. The molecule has 0 fully saturated rings. The molecule has 0 aliphatic heterocycles. The highest BCUT2D eigenvalue weighted by Gasteiger charge is 2.13. The SMILES string of the molecule is CCCn1nnnc1CSc1ncccc1C(=O)O. The largest absolute Gasteiger partial charge is 0.478 e. The van der Waals surface area contributed by atoms with Gasteiger partial charge in [-0.05, 0) is 29.0 Å². The van der Waals surface area contributed by atoms with Gasteiger partial charge in [0.1, 0.15) is 5.03 Å². The summed E-state index contributed by atoms with van der Waals surface area (Å²) in [5.74, 6) is 0.224. The van der Waals surface area contributed by atoms with Crippen LogP contribution in [-0.2, 0) is 12.3 Å². The molecular weight excluding hydrogens is 266 g/mol. The molecule has 19 heavy (non-hydrogen) atoms. The topological polar surface area (TPSA) is 93.8 Å². The summed E-state index contributed by atoms with van der Waals surface area (Å²) in [7, 11) is 0. The molecule has 2 heterocycles. The molecule has 2 rings (SSSR count). The van der Waals surface area contributed by atoms with Crippen LogP contribution in [0.3, 0.4) is 0 Å². The van der Waals surface area contributed by atoms with Crippen molar-refractivity contribution in [1.29, 1.82) is 0 Å². The fraction of sp³-hybridized carbons (Fsp3) is 0.364. The van der Waals surface area contributed by atoms with E-state index in [2.05, 4.69) is 20.5 Å². The van der Waals surface area contributed by atoms with Gasteiger partial charge in [0.05, 0.1) is 11.3 Å². The Bertz CT molecular complexity index is 572. The lowest BCUT2D eigenvalue weighted by Gasteiger charge is -2.04. The van der Waals surface area contributed by atoms with Crippen LogP contribution in [0.15, 0.2) is 23.4 Å². The summed E-state index contributed by atoms with van der Waals surface area (Å²) in [6.45, 7) is 2.79. The molecule has 0 spiro atoms. The number of carboxylic acids is 1. The van der Waals surface area contributed by atoms with Gasteiger partial charge < -0.3 is 5.11 Å². The number of thioether (sulfide) groups is 1. The number of aromatic carboxylic acids is 1. The van der Waals surface area contributed by atoms with E-state index >= 15 is 0 Å². The van der Waals surface area contributed by atoms with Crippen LogP contribution in [0.4, 0.5) is 0 Å². The molecule has 100 valence electrons. The summed E-state index contributed by atoms with van der Waals surface area (Å²) in [6, 6.07) is 3.14. The normalized spacial score (nSPS) is 10.6. The number of hydrogen-bond acceptors (Lipinski definition) is 6. The number of nitrogens with zero attached hydrogens (tertiary/aromatic N) is 5. The number of carboxylic acid groups (broad SMARTS) is 1. The van der Waals surface area contributed by atoms with Crippen molar-refractivity contribution in [2.75, 3.05) is 0 Å². The fourth-order valence-corrected chi connectivity index (χ4v) is 2.43. The van der Waals surface area contributed by atoms with Crippen molar-refractivity contribution < 1.29 is 9.90 Å². The lowest BCUT2D eigenvalue weighted by atomic mass is 10.3. The van der Waals surface area contributed by atoms with Gasteiger partial charge in [0.15, 0.2) is 5.82 Å². The first-order chi connectivity index (χ1) is 9.22. The second kappa shape index (κ2) is 6.28. The molecule has 0 aliphatic carbocycles. The van der Waals surface area contributed by atoms with Crippen LogP contribution in [-0.4, -0.2) is 36.3 Å². The smallest absolute Gasteiger partial charge is 0.338 e. The average molecular weight is 279 g/mol. The van der Waals surface area contributed by atoms with Crippen LogP contribution < -0.4 is 0 Å². The van der Waals surface area contributed by atoms with Crippen LogP contribution in [0.2, 0.25) is 0 Å². The first-order valence-electron chi connectivity index (χ1n) is 5.78. The molecule has 0 radical (unpaired) electrons. The summed E-state index contributed by atoms with van der Waals surface area (Å²) in [6.07, 6.45) is 2.51. The second-order valence-electron chi connectivity index (χ2n) is 3.77. The van der Waals surface area contributed by atoms with Gasteiger partial charge in [-0.1, -0.05) is 18.7 Å². The van der Waals surface area contributed by atoms with E-state index < -0.39 is 5.97 Å². The van der Waals surface area contributed by atoms with Crippen molar-refractivity contribution in [2.24, 2.45) is 0 Å². The zero-order valence-corrected chi connectivity index (χ0v) is 11.2.